The van der Waals surface area contributed by atoms with Crippen LogP contribution in [0.4, 0.5) is 11.4 Å². The molecule has 8 nitrogen and oxygen atoms in total. The molecule has 0 radical (unpaired) electrons. The summed E-state index contributed by atoms with van der Waals surface area (Å²) in [5, 5.41) is 0. The molecule has 3 aliphatic heterocycles. The Hall–Kier alpha value is -2.94. The summed E-state index contributed by atoms with van der Waals surface area (Å²) in [6.45, 7) is 2.76. The quantitative estimate of drug-likeness (QED) is 0.712. The van der Waals surface area contributed by atoms with Crippen LogP contribution in [0.25, 0.3) is 0 Å². The third-order valence-electron chi connectivity index (χ3n) is 6.25. The van der Waals surface area contributed by atoms with Crippen molar-refractivity contribution in [3.8, 4) is 11.5 Å². The van der Waals surface area contributed by atoms with Gasteiger partial charge >= 0.3 is 10.2 Å². The number of fused-ring (bicyclic) bond motifs is 2. The summed E-state index contributed by atoms with van der Waals surface area (Å²) in [6.07, 6.45) is 0.00521. The van der Waals surface area contributed by atoms with E-state index in [2.05, 4.69) is 0 Å². The number of ether oxygens (including phenoxy) is 2. The largest absolute Gasteiger partial charge is 0.482 e. The van der Waals surface area contributed by atoms with Crippen molar-refractivity contribution in [3.63, 3.8) is 0 Å². The Morgan fingerprint density at radius 3 is 2.19 bits per heavy atom. The highest BCUT2D eigenvalue weighted by atomic mass is 32.2. The zero-order valence-electron chi connectivity index (χ0n) is 17.5. The van der Waals surface area contributed by atoms with E-state index in [1.165, 1.54) is 8.61 Å². The fraction of sp³-hybridized carbons (Fsp3) is 0.409. The fourth-order valence-corrected chi connectivity index (χ4v) is 6.23. The lowest BCUT2D eigenvalue weighted by Gasteiger charge is -2.39. The molecule has 2 atom stereocenters. The van der Waals surface area contributed by atoms with E-state index < -0.39 is 22.4 Å². The second kappa shape index (κ2) is 7.33. The number of anilines is 2. The van der Waals surface area contributed by atoms with Gasteiger partial charge in [0.25, 0.3) is 5.91 Å². The molecule has 0 unspecified atom stereocenters. The molecule has 1 fully saturated rings. The number of carbonyl (C=O) groups is 1. The minimum absolute atomic E-state index is 0.123. The summed E-state index contributed by atoms with van der Waals surface area (Å²) < 4.78 is 40.7. The van der Waals surface area contributed by atoms with E-state index in [0.29, 0.717) is 48.8 Å². The first-order chi connectivity index (χ1) is 14.9. The van der Waals surface area contributed by atoms with Gasteiger partial charge in [0.1, 0.15) is 6.10 Å². The Morgan fingerprint density at radius 2 is 1.52 bits per heavy atom. The minimum Gasteiger partial charge on any atom is -0.482 e. The first-order valence-electron chi connectivity index (χ1n) is 10.5. The Kier molecular flexibility index (Phi) is 4.73. The van der Waals surface area contributed by atoms with Crippen LogP contribution in [-0.4, -0.2) is 57.6 Å². The van der Waals surface area contributed by atoms with Crippen LogP contribution in [0.5, 0.6) is 11.5 Å². The number of amides is 1. The number of rotatable bonds is 2. The van der Waals surface area contributed by atoms with Crippen molar-refractivity contribution in [1.29, 1.82) is 0 Å². The van der Waals surface area contributed by atoms with Crippen LogP contribution in [0, 0.1) is 0 Å². The van der Waals surface area contributed by atoms with E-state index in [0.717, 1.165) is 0 Å². The van der Waals surface area contributed by atoms with E-state index in [1.54, 1.807) is 18.0 Å². The normalized spacial score (nSPS) is 24.8. The average Bonchev–Trinajstić information content (AvgIpc) is 2.98. The van der Waals surface area contributed by atoms with Crippen LogP contribution in [0.15, 0.2) is 48.5 Å². The first-order valence-corrected chi connectivity index (χ1v) is 11.9. The van der Waals surface area contributed by atoms with Gasteiger partial charge in [0.05, 0.1) is 17.4 Å². The van der Waals surface area contributed by atoms with E-state index in [9.17, 15) is 13.2 Å². The number of likely N-dealkylation sites (tertiary alicyclic amines) is 1. The first kappa shape index (κ1) is 20.0. The van der Waals surface area contributed by atoms with Crippen molar-refractivity contribution in [2.45, 2.75) is 38.0 Å². The van der Waals surface area contributed by atoms with Crippen molar-refractivity contribution < 1.29 is 22.7 Å². The SMILES string of the molecule is C[C@@H]1Oc2ccccc2O[C@H]1C(=O)N1CCC(N2c3ccccc3N(C)S2(=O)=O)CC1. The maximum absolute atomic E-state index is 13.2. The highest BCUT2D eigenvalue weighted by molar-refractivity contribution is 7.94. The Morgan fingerprint density at radius 1 is 0.935 bits per heavy atom. The summed E-state index contributed by atoms with van der Waals surface area (Å²) >= 11 is 0. The van der Waals surface area contributed by atoms with Gasteiger partial charge in [-0.2, -0.15) is 8.42 Å². The number of carbonyl (C=O) groups excluding carboxylic acids is 1. The lowest BCUT2D eigenvalue weighted by atomic mass is 10.0. The molecule has 31 heavy (non-hydrogen) atoms. The summed E-state index contributed by atoms with van der Waals surface area (Å²) in [7, 11) is -2.03. The molecule has 3 heterocycles. The van der Waals surface area contributed by atoms with Crippen molar-refractivity contribution >= 4 is 27.5 Å². The minimum atomic E-state index is -3.61. The van der Waals surface area contributed by atoms with Crippen LogP contribution in [0.3, 0.4) is 0 Å². The van der Waals surface area contributed by atoms with Gasteiger partial charge in [0.15, 0.2) is 11.5 Å². The second-order valence-corrected chi connectivity index (χ2v) is 9.96. The molecule has 0 saturated carbocycles. The molecule has 1 amide bonds. The number of para-hydroxylation sites is 4. The van der Waals surface area contributed by atoms with Crippen LogP contribution >= 0.6 is 0 Å². The van der Waals surface area contributed by atoms with E-state index >= 15 is 0 Å². The smallest absolute Gasteiger partial charge is 0.326 e. The molecule has 3 aliphatic rings. The third-order valence-corrected chi connectivity index (χ3v) is 8.13. The third kappa shape index (κ3) is 3.18. The molecule has 0 aliphatic carbocycles. The predicted molar refractivity (Wildman–Crippen MR) is 117 cm³/mol. The average molecular weight is 444 g/mol. The zero-order valence-corrected chi connectivity index (χ0v) is 18.3. The maximum Gasteiger partial charge on any atom is 0.326 e. The van der Waals surface area contributed by atoms with E-state index in [-0.39, 0.29) is 11.9 Å². The van der Waals surface area contributed by atoms with Crippen LogP contribution in [0.1, 0.15) is 19.8 Å². The van der Waals surface area contributed by atoms with E-state index in [1.807, 2.05) is 49.4 Å². The maximum atomic E-state index is 13.2. The molecular formula is C22H25N3O5S. The van der Waals surface area contributed by atoms with Gasteiger partial charge in [-0.05, 0) is 44.0 Å². The van der Waals surface area contributed by atoms with Gasteiger partial charge in [-0.25, -0.2) is 4.31 Å². The summed E-state index contributed by atoms with van der Waals surface area (Å²) in [5.74, 6) is 1.08. The van der Waals surface area contributed by atoms with Gasteiger partial charge in [-0.15, -0.1) is 0 Å². The van der Waals surface area contributed by atoms with Crippen LogP contribution < -0.4 is 18.1 Å². The molecule has 0 bridgehead atoms. The molecule has 0 spiro atoms. The zero-order chi connectivity index (χ0) is 21.8. The van der Waals surface area contributed by atoms with Crippen molar-refractivity contribution in [2.24, 2.45) is 0 Å². The Bertz CT molecular complexity index is 1110. The highest BCUT2D eigenvalue weighted by Gasteiger charge is 2.44. The Balaban J connectivity index is 1.30. The molecule has 2 aromatic rings. The van der Waals surface area contributed by atoms with Gasteiger partial charge in [0.2, 0.25) is 6.10 Å². The van der Waals surface area contributed by atoms with E-state index in [4.69, 9.17) is 9.47 Å². The number of benzene rings is 2. The van der Waals surface area contributed by atoms with Crippen molar-refractivity contribution in [3.05, 3.63) is 48.5 Å². The van der Waals surface area contributed by atoms with Gasteiger partial charge in [-0.3, -0.25) is 9.10 Å². The topological polar surface area (TPSA) is 79.4 Å². The van der Waals surface area contributed by atoms with Crippen molar-refractivity contribution in [2.75, 3.05) is 28.7 Å². The molecule has 2 aromatic carbocycles. The van der Waals surface area contributed by atoms with Gasteiger partial charge in [0, 0.05) is 20.1 Å². The van der Waals surface area contributed by atoms with Crippen LogP contribution in [-0.2, 0) is 15.0 Å². The lowest BCUT2D eigenvalue weighted by Crippen LogP contribution is -2.55. The molecule has 9 heteroatoms. The highest BCUT2D eigenvalue weighted by Crippen LogP contribution is 2.42. The molecule has 164 valence electrons. The van der Waals surface area contributed by atoms with Gasteiger partial charge < -0.3 is 14.4 Å². The van der Waals surface area contributed by atoms with Gasteiger partial charge in [-0.1, -0.05) is 24.3 Å². The molecular weight excluding hydrogens is 418 g/mol. The predicted octanol–water partition coefficient (Wildman–Crippen LogP) is 2.41. The second-order valence-electron chi connectivity index (χ2n) is 8.12. The molecule has 0 aromatic heterocycles. The number of hydrogen-bond acceptors (Lipinski definition) is 5. The summed E-state index contributed by atoms with van der Waals surface area (Å²) in [5.41, 5.74) is 1.38. The lowest BCUT2D eigenvalue weighted by molar-refractivity contribution is -0.145. The molecule has 5 rings (SSSR count). The molecule has 0 N–H and O–H groups in total. The Labute approximate surface area is 182 Å². The number of piperidine rings is 1. The standard InChI is InChI=1S/C22H25N3O5S/c1-15-21(30-20-10-6-5-9-19(20)29-15)22(26)24-13-11-16(12-14-24)25-18-8-4-3-7-17(18)23(2)31(25,27)28/h3-10,15-16,21H,11-14H2,1-2H3/t15-,21+/m0/s1. The van der Waals surface area contributed by atoms with Crippen molar-refractivity contribution in [1.82, 2.24) is 4.90 Å². The summed E-state index contributed by atoms with van der Waals surface area (Å²) in [4.78, 5) is 14.9. The number of hydrogen-bond donors (Lipinski definition) is 0. The number of nitrogens with zero attached hydrogens (tertiary/aromatic N) is 3. The monoisotopic (exact) mass is 443 g/mol. The summed E-state index contributed by atoms with van der Waals surface area (Å²) in [6, 6.07) is 14.5. The molecule has 1 saturated heterocycles. The fourth-order valence-electron chi connectivity index (χ4n) is 4.57. The van der Waals surface area contributed by atoms with Crippen LogP contribution in [0.2, 0.25) is 0 Å².